The third-order valence-corrected chi connectivity index (χ3v) is 4.25. The lowest BCUT2D eigenvalue weighted by Gasteiger charge is -2.34. The van der Waals surface area contributed by atoms with Gasteiger partial charge in [-0.15, -0.1) is 11.3 Å². The highest BCUT2D eigenvalue weighted by atomic mass is 32.1. The maximum atomic E-state index is 3.70. The quantitative estimate of drug-likeness (QED) is 0.769. The van der Waals surface area contributed by atoms with Crippen LogP contribution < -0.4 is 5.32 Å². The number of rotatable bonds is 6. The summed E-state index contributed by atoms with van der Waals surface area (Å²) >= 11 is 1.85. The summed E-state index contributed by atoms with van der Waals surface area (Å²) in [6, 6.07) is 2.82. The summed E-state index contributed by atoms with van der Waals surface area (Å²) in [5, 5.41) is 6.00. The zero-order chi connectivity index (χ0) is 12.2. The fourth-order valence-electron chi connectivity index (χ4n) is 1.95. The molecule has 0 bridgehead atoms. The van der Waals surface area contributed by atoms with Crippen LogP contribution in [0.15, 0.2) is 11.4 Å². The van der Waals surface area contributed by atoms with E-state index < -0.39 is 0 Å². The highest BCUT2D eigenvalue weighted by molar-refractivity contribution is 7.10. The van der Waals surface area contributed by atoms with Crippen LogP contribution in [0.1, 0.15) is 57.0 Å². The second-order valence-electron chi connectivity index (χ2n) is 5.22. The third kappa shape index (κ3) is 3.33. The van der Waals surface area contributed by atoms with Gasteiger partial charge in [0, 0.05) is 10.9 Å². The van der Waals surface area contributed by atoms with E-state index in [-0.39, 0.29) is 0 Å². The van der Waals surface area contributed by atoms with Gasteiger partial charge in [-0.25, -0.2) is 0 Å². The zero-order valence-electron chi connectivity index (χ0n) is 11.3. The van der Waals surface area contributed by atoms with Gasteiger partial charge >= 0.3 is 0 Å². The summed E-state index contributed by atoms with van der Waals surface area (Å²) in [4.78, 5) is 1.41. The van der Waals surface area contributed by atoms with Crippen molar-refractivity contribution in [3.05, 3.63) is 21.9 Å². The van der Waals surface area contributed by atoms with Crippen molar-refractivity contribution in [2.75, 3.05) is 6.54 Å². The number of hydrogen-bond acceptors (Lipinski definition) is 2. The highest BCUT2D eigenvalue weighted by Gasteiger charge is 2.28. The Bertz CT molecular complexity index is 314. The fourth-order valence-corrected chi connectivity index (χ4v) is 2.68. The smallest absolute Gasteiger partial charge is 0.0380 e. The number of hydrogen-bond donors (Lipinski definition) is 1. The van der Waals surface area contributed by atoms with E-state index in [1.165, 1.54) is 23.3 Å². The van der Waals surface area contributed by atoms with Crippen LogP contribution >= 0.6 is 11.3 Å². The molecule has 0 amide bonds. The minimum atomic E-state index is 0.322. The Morgan fingerprint density at radius 3 is 2.50 bits per heavy atom. The maximum absolute atomic E-state index is 3.70. The minimum absolute atomic E-state index is 0.322. The van der Waals surface area contributed by atoms with Crippen LogP contribution in [0.2, 0.25) is 0 Å². The normalized spacial score (nSPS) is 14.1. The van der Waals surface area contributed by atoms with Gasteiger partial charge in [0.25, 0.3) is 0 Å². The van der Waals surface area contributed by atoms with E-state index >= 15 is 0 Å². The Balaban J connectivity index is 2.87. The van der Waals surface area contributed by atoms with Crippen molar-refractivity contribution < 1.29 is 0 Å². The van der Waals surface area contributed by atoms with Crippen LogP contribution in [0.4, 0.5) is 0 Å². The van der Waals surface area contributed by atoms with E-state index in [9.17, 15) is 0 Å². The molecule has 1 N–H and O–H groups in total. The average Bonchev–Trinajstić information content (AvgIpc) is 2.65. The van der Waals surface area contributed by atoms with Gasteiger partial charge in [0.15, 0.2) is 0 Å². The monoisotopic (exact) mass is 239 g/mol. The molecule has 0 aliphatic carbocycles. The van der Waals surface area contributed by atoms with E-state index in [0.717, 1.165) is 6.54 Å². The molecule has 1 nitrogen and oxygen atoms in total. The van der Waals surface area contributed by atoms with Gasteiger partial charge < -0.3 is 5.32 Å². The summed E-state index contributed by atoms with van der Waals surface area (Å²) in [6.07, 6.45) is 2.39. The minimum Gasteiger partial charge on any atom is -0.309 e. The SMILES string of the molecule is CCCNC(c1csc(C)c1)C(C)(C)CC. The Morgan fingerprint density at radius 2 is 2.06 bits per heavy atom. The van der Waals surface area contributed by atoms with E-state index in [1.54, 1.807) is 0 Å². The molecule has 1 heterocycles. The molecule has 1 aromatic heterocycles. The van der Waals surface area contributed by atoms with Gasteiger partial charge in [0.2, 0.25) is 0 Å². The van der Waals surface area contributed by atoms with Crippen molar-refractivity contribution >= 4 is 11.3 Å². The molecule has 1 aromatic rings. The molecule has 0 saturated carbocycles. The number of nitrogens with one attached hydrogen (secondary N) is 1. The molecule has 0 aliphatic heterocycles. The largest absolute Gasteiger partial charge is 0.309 e. The molecule has 16 heavy (non-hydrogen) atoms. The predicted molar refractivity (Wildman–Crippen MR) is 74.2 cm³/mol. The van der Waals surface area contributed by atoms with Crippen LogP contribution in [-0.2, 0) is 0 Å². The van der Waals surface area contributed by atoms with Crippen molar-refractivity contribution in [3.63, 3.8) is 0 Å². The van der Waals surface area contributed by atoms with Gasteiger partial charge in [0.1, 0.15) is 0 Å². The third-order valence-electron chi connectivity index (χ3n) is 3.38. The molecule has 0 radical (unpaired) electrons. The molecular weight excluding hydrogens is 214 g/mol. The first-order valence-electron chi connectivity index (χ1n) is 6.29. The van der Waals surface area contributed by atoms with Gasteiger partial charge in [-0.3, -0.25) is 0 Å². The second kappa shape index (κ2) is 5.83. The van der Waals surface area contributed by atoms with E-state index in [0.29, 0.717) is 11.5 Å². The van der Waals surface area contributed by atoms with Crippen molar-refractivity contribution in [2.24, 2.45) is 5.41 Å². The number of aryl methyl sites for hydroxylation is 1. The Labute approximate surface area is 104 Å². The first-order valence-corrected chi connectivity index (χ1v) is 7.17. The van der Waals surface area contributed by atoms with Gasteiger partial charge in [-0.2, -0.15) is 0 Å². The lowest BCUT2D eigenvalue weighted by Crippen LogP contribution is -2.34. The average molecular weight is 239 g/mol. The van der Waals surface area contributed by atoms with Crippen molar-refractivity contribution in [2.45, 2.75) is 53.5 Å². The van der Waals surface area contributed by atoms with Crippen LogP contribution in [0, 0.1) is 12.3 Å². The van der Waals surface area contributed by atoms with Crippen LogP contribution in [0.3, 0.4) is 0 Å². The summed E-state index contributed by atoms with van der Waals surface area (Å²) in [7, 11) is 0. The number of thiophene rings is 1. The first-order chi connectivity index (χ1) is 7.51. The molecule has 0 aromatic carbocycles. The van der Waals surface area contributed by atoms with E-state index in [1.807, 2.05) is 11.3 Å². The zero-order valence-corrected chi connectivity index (χ0v) is 12.1. The predicted octanol–water partition coefficient (Wildman–Crippen LogP) is 4.53. The maximum Gasteiger partial charge on any atom is 0.0380 e. The molecule has 0 saturated heterocycles. The molecule has 1 rings (SSSR count). The summed E-state index contributed by atoms with van der Waals surface area (Å²) in [5.41, 5.74) is 1.78. The molecule has 0 spiro atoms. The van der Waals surface area contributed by atoms with Crippen LogP contribution in [-0.4, -0.2) is 6.54 Å². The Kier molecular flexibility index (Phi) is 5.00. The summed E-state index contributed by atoms with van der Waals surface area (Å²) in [6.45, 7) is 12.5. The van der Waals surface area contributed by atoms with Crippen molar-refractivity contribution in [1.82, 2.24) is 5.32 Å². The van der Waals surface area contributed by atoms with Gasteiger partial charge in [-0.1, -0.05) is 27.7 Å². The van der Waals surface area contributed by atoms with E-state index in [2.05, 4.69) is 51.4 Å². The molecule has 1 unspecified atom stereocenters. The topological polar surface area (TPSA) is 12.0 Å². The van der Waals surface area contributed by atoms with Crippen molar-refractivity contribution in [3.8, 4) is 0 Å². The van der Waals surface area contributed by atoms with Gasteiger partial charge in [0.05, 0.1) is 0 Å². The molecule has 92 valence electrons. The summed E-state index contributed by atoms with van der Waals surface area (Å²) in [5.74, 6) is 0. The van der Waals surface area contributed by atoms with Crippen molar-refractivity contribution in [1.29, 1.82) is 0 Å². The standard InChI is InChI=1S/C14H25NS/c1-6-8-15-13(14(4,5)7-2)12-9-11(3)16-10-12/h9-10,13,15H,6-8H2,1-5H3. The molecule has 0 fully saturated rings. The molecule has 2 heteroatoms. The highest BCUT2D eigenvalue weighted by Crippen LogP contribution is 2.37. The fraction of sp³-hybridized carbons (Fsp3) is 0.714. The molecule has 0 aliphatic rings. The van der Waals surface area contributed by atoms with Crippen LogP contribution in [0.25, 0.3) is 0 Å². The van der Waals surface area contributed by atoms with Gasteiger partial charge in [-0.05, 0) is 48.7 Å². The van der Waals surface area contributed by atoms with E-state index in [4.69, 9.17) is 0 Å². The Hall–Kier alpha value is -0.340. The molecular formula is C14H25NS. The summed E-state index contributed by atoms with van der Waals surface area (Å²) < 4.78 is 0. The lowest BCUT2D eigenvalue weighted by atomic mass is 9.79. The lowest BCUT2D eigenvalue weighted by molar-refractivity contribution is 0.235. The molecule has 1 atom stereocenters. The van der Waals surface area contributed by atoms with Crippen LogP contribution in [0.5, 0.6) is 0 Å². The second-order valence-corrected chi connectivity index (χ2v) is 6.34. The first kappa shape index (κ1) is 13.7. The Morgan fingerprint density at radius 1 is 1.38 bits per heavy atom.